The lowest BCUT2D eigenvalue weighted by Gasteiger charge is -2.49. The van der Waals surface area contributed by atoms with Gasteiger partial charge in [-0.1, -0.05) is 20.8 Å². The zero-order valence-corrected chi connectivity index (χ0v) is 10.6. The minimum absolute atomic E-state index is 0.109. The fourth-order valence-electron chi connectivity index (χ4n) is 2.30. The molecule has 4 nitrogen and oxygen atoms in total. The molecule has 16 heavy (non-hydrogen) atoms. The van der Waals surface area contributed by atoms with Gasteiger partial charge in [-0.15, -0.1) is 0 Å². The SMILES string of the molecule is CCC1(O)CN(C(=O)C(CC)(CC)CN)C1. The van der Waals surface area contributed by atoms with Crippen LogP contribution in [-0.2, 0) is 4.79 Å². The van der Waals surface area contributed by atoms with Crippen LogP contribution >= 0.6 is 0 Å². The molecule has 1 rings (SSSR count). The lowest BCUT2D eigenvalue weighted by Crippen LogP contribution is -2.66. The Labute approximate surface area is 97.8 Å². The Kier molecular flexibility index (Phi) is 3.97. The van der Waals surface area contributed by atoms with Crippen LogP contribution in [0.2, 0.25) is 0 Å². The Hall–Kier alpha value is -0.610. The van der Waals surface area contributed by atoms with Gasteiger partial charge in [0.05, 0.1) is 24.1 Å². The molecular formula is C12H24N2O2. The van der Waals surface area contributed by atoms with Crippen molar-refractivity contribution in [3.8, 4) is 0 Å². The van der Waals surface area contributed by atoms with Crippen molar-refractivity contribution in [2.45, 2.75) is 45.6 Å². The zero-order chi connectivity index (χ0) is 12.4. The molecule has 0 aliphatic carbocycles. The van der Waals surface area contributed by atoms with E-state index < -0.39 is 11.0 Å². The van der Waals surface area contributed by atoms with Crippen molar-refractivity contribution >= 4 is 5.91 Å². The summed E-state index contributed by atoms with van der Waals surface area (Å²) >= 11 is 0. The largest absolute Gasteiger partial charge is 0.386 e. The average Bonchev–Trinajstić information content (AvgIpc) is 2.27. The first-order chi connectivity index (χ1) is 7.47. The van der Waals surface area contributed by atoms with Gasteiger partial charge in [0.15, 0.2) is 0 Å². The smallest absolute Gasteiger partial charge is 0.230 e. The summed E-state index contributed by atoms with van der Waals surface area (Å²) in [5.74, 6) is 0.109. The zero-order valence-electron chi connectivity index (χ0n) is 10.6. The first kappa shape index (κ1) is 13.5. The molecule has 0 aromatic rings. The molecule has 1 saturated heterocycles. The fourth-order valence-corrected chi connectivity index (χ4v) is 2.30. The molecule has 4 heteroatoms. The van der Waals surface area contributed by atoms with Gasteiger partial charge >= 0.3 is 0 Å². The van der Waals surface area contributed by atoms with Crippen LogP contribution in [0, 0.1) is 5.41 Å². The number of hydrogen-bond donors (Lipinski definition) is 2. The normalized spacial score (nSPS) is 19.4. The molecule has 1 heterocycles. The fraction of sp³-hybridized carbons (Fsp3) is 0.917. The Morgan fingerprint density at radius 2 is 1.88 bits per heavy atom. The Bertz CT molecular complexity index is 247. The van der Waals surface area contributed by atoms with Gasteiger partial charge in [-0.2, -0.15) is 0 Å². The standard InChI is InChI=1S/C12H24N2O2/c1-4-11(5-2,7-13)10(15)14-8-12(16,6-3)9-14/h16H,4-9,13H2,1-3H3. The molecule has 1 aliphatic heterocycles. The van der Waals surface area contributed by atoms with Crippen LogP contribution in [0.5, 0.6) is 0 Å². The molecule has 94 valence electrons. The number of nitrogens with zero attached hydrogens (tertiary/aromatic N) is 1. The molecular weight excluding hydrogens is 204 g/mol. The number of nitrogens with two attached hydrogens (primary N) is 1. The van der Waals surface area contributed by atoms with Gasteiger partial charge in [-0.05, 0) is 19.3 Å². The molecule has 0 atom stereocenters. The van der Waals surface area contributed by atoms with Crippen LogP contribution in [-0.4, -0.2) is 41.1 Å². The maximum Gasteiger partial charge on any atom is 0.230 e. The molecule has 0 bridgehead atoms. The summed E-state index contributed by atoms with van der Waals surface area (Å²) in [6, 6.07) is 0. The number of carbonyl (C=O) groups excluding carboxylic acids is 1. The number of aliphatic hydroxyl groups is 1. The van der Waals surface area contributed by atoms with E-state index in [1.54, 1.807) is 4.90 Å². The number of amides is 1. The lowest BCUT2D eigenvalue weighted by molar-refractivity contribution is -0.166. The molecule has 1 aliphatic rings. The first-order valence-corrected chi connectivity index (χ1v) is 6.18. The van der Waals surface area contributed by atoms with E-state index in [-0.39, 0.29) is 5.91 Å². The monoisotopic (exact) mass is 228 g/mol. The quantitative estimate of drug-likeness (QED) is 0.729. The Morgan fingerprint density at radius 3 is 2.19 bits per heavy atom. The highest BCUT2D eigenvalue weighted by Crippen LogP contribution is 2.33. The second-order valence-corrected chi connectivity index (χ2v) is 4.93. The number of likely N-dealkylation sites (tertiary alicyclic amines) is 1. The van der Waals surface area contributed by atoms with E-state index in [0.29, 0.717) is 26.1 Å². The molecule has 0 radical (unpaired) electrons. The number of hydrogen-bond acceptors (Lipinski definition) is 3. The van der Waals surface area contributed by atoms with Gasteiger partial charge < -0.3 is 15.7 Å². The third kappa shape index (κ3) is 2.09. The van der Waals surface area contributed by atoms with E-state index in [9.17, 15) is 9.90 Å². The van der Waals surface area contributed by atoms with Crippen LogP contribution < -0.4 is 5.73 Å². The molecule has 0 saturated carbocycles. The summed E-state index contributed by atoms with van der Waals surface area (Å²) in [5.41, 5.74) is 4.66. The average molecular weight is 228 g/mol. The van der Waals surface area contributed by atoms with E-state index >= 15 is 0 Å². The molecule has 0 aromatic carbocycles. The Morgan fingerprint density at radius 1 is 1.38 bits per heavy atom. The summed E-state index contributed by atoms with van der Waals surface area (Å²) in [4.78, 5) is 14.0. The highest BCUT2D eigenvalue weighted by atomic mass is 16.3. The van der Waals surface area contributed by atoms with E-state index in [1.165, 1.54) is 0 Å². The molecule has 3 N–H and O–H groups in total. The van der Waals surface area contributed by atoms with Crippen LogP contribution in [0.4, 0.5) is 0 Å². The van der Waals surface area contributed by atoms with Crippen LogP contribution in [0.3, 0.4) is 0 Å². The van der Waals surface area contributed by atoms with Gasteiger partial charge in [-0.25, -0.2) is 0 Å². The van der Waals surface area contributed by atoms with Crippen LogP contribution in [0.15, 0.2) is 0 Å². The van der Waals surface area contributed by atoms with Gasteiger partial charge in [0.25, 0.3) is 0 Å². The molecule has 0 spiro atoms. The molecule has 0 aromatic heterocycles. The maximum absolute atomic E-state index is 12.3. The van der Waals surface area contributed by atoms with Crippen molar-refractivity contribution in [2.75, 3.05) is 19.6 Å². The number of carbonyl (C=O) groups is 1. The van der Waals surface area contributed by atoms with E-state index in [0.717, 1.165) is 12.8 Å². The topological polar surface area (TPSA) is 66.6 Å². The second-order valence-electron chi connectivity index (χ2n) is 4.93. The second kappa shape index (κ2) is 4.72. The van der Waals surface area contributed by atoms with Crippen LogP contribution in [0.1, 0.15) is 40.0 Å². The summed E-state index contributed by atoms with van der Waals surface area (Å²) in [7, 11) is 0. The predicted octanol–water partition coefficient (Wildman–Crippen LogP) is 0.735. The predicted molar refractivity (Wildman–Crippen MR) is 63.9 cm³/mol. The lowest BCUT2D eigenvalue weighted by atomic mass is 9.78. The summed E-state index contributed by atoms with van der Waals surface area (Å²) in [5, 5.41) is 9.90. The summed E-state index contributed by atoms with van der Waals surface area (Å²) in [6.07, 6.45) is 2.23. The van der Waals surface area contributed by atoms with Crippen molar-refractivity contribution in [1.29, 1.82) is 0 Å². The van der Waals surface area contributed by atoms with Gasteiger partial charge in [-0.3, -0.25) is 4.79 Å². The van der Waals surface area contributed by atoms with E-state index in [2.05, 4.69) is 0 Å². The maximum atomic E-state index is 12.3. The number of β-amino-alcohol motifs (C(OH)–C–C–N with tert-alkyl or cyclic N) is 1. The van der Waals surface area contributed by atoms with Gasteiger partial charge in [0.1, 0.15) is 0 Å². The van der Waals surface area contributed by atoms with Crippen molar-refractivity contribution < 1.29 is 9.90 Å². The van der Waals surface area contributed by atoms with Crippen molar-refractivity contribution in [2.24, 2.45) is 11.1 Å². The highest BCUT2D eigenvalue weighted by molar-refractivity contribution is 5.84. The molecule has 1 amide bonds. The third-order valence-electron chi connectivity index (χ3n) is 4.11. The van der Waals surface area contributed by atoms with Gasteiger partial charge in [0, 0.05) is 6.54 Å². The van der Waals surface area contributed by atoms with Crippen molar-refractivity contribution in [3.63, 3.8) is 0 Å². The molecule has 1 fully saturated rings. The Balaban J connectivity index is 2.66. The first-order valence-electron chi connectivity index (χ1n) is 6.18. The van der Waals surface area contributed by atoms with Gasteiger partial charge in [0.2, 0.25) is 5.91 Å². The summed E-state index contributed by atoms with van der Waals surface area (Å²) < 4.78 is 0. The molecule has 0 unspecified atom stereocenters. The minimum atomic E-state index is -0.655. The summed E-state index contributed by atoms with van der Waals surface area (Å²) in [6.45, 7) is 7.26. The van der Waals surface area contributed by atoms with E-state index in [4.69, 9.17) is 5.73 Å². The number of rotatable bonds is 5. The third-order valence-corrected chi connectivity index (χ3v) is 4.11. The van der Waals surface area contributed by atoms with E-state index in [1.807, 2.05) is 20.8 Å². The van der Waals surface area contributed by atoms with Crippen LogP contribution in [0.25, 0.3) is 0 Å². The highest BCUT2D eigenvalue weighted by Gasteiger charge is 2.47. The van der Waals surface area contributed by atoms with Crippen molar-refractivity contribution in [3.05, 3.63) is 0 Å². The minimum Gasteiger partial charge on any atom is -0.386 e. The van der Waals surface area contributed by atoms with Crippen molar-refractivity contribution in [1.82, 2.24) is 4.90 Å².